The van der Waals surface area contributed by atoms with Crippen molar-refractivity contribution in [1.82, 2.24) is 34.6 Å². The first-order chi connectivity index (χ1) is 25.6. The first-order valence-corrected chi connectivity index (χ1v) is 18.8. The molecule has 0 saturated carbocycles. The van der Waals surface area contributed by atoms with Crippen LogP contribution in [0.15, 0.2) is 48.7 Å². The van der Waals surface area contributed by atoms with Crippen molar-refractivity contribution in [2.24, 2.45) is 5.41 Å². The van der Waals surface area contributed by atoms with Crippen molar-refractivity contribution in [3.8, 4) is 45.4 Å². The van der Waals surface area contributed by atoms with Gasteiger partial charge in [0.15, 0.2) is 0 Å². The summed E-state index contributed by atoms with van der Waals surface area (Å²) >= 11 is 7.29. The second-order valence-electron chi connectivity index (χ2n) is 15.1. The summed E-state index contributed by atoms with van der Waals surface area (Å²) < 4.78 is 11.7. The number of piperazine rings is 1. The van der Waals surface area contributed by atoms with E-state index in [0.717, 1.165) is 97.0 Å². The summed E-state index contributed by atoms with van der Waals surface area (Å²) in [6.07, 6.45) is 3.79. The lowest BCUT2D eigenvalue weighted by Crippen LogP contribution is -2.72. The molecule has 4 aromatic rings. The maximum absolute atomic E-state index is 11.8. The molecule has 12 heteroatoms. The van der Waals surface area contributed by atoms with E-state index in [4.69, 9.17) is 36.0 Å². The van der Waals surface area contributed by atoms with Gasteiger partial charge in [-0.05, 0) is 42.5 Å². The smallest absolute Gasteiger partial charge is 0.237 e. The number of nitrogens with zero attached hydrogens (tertiary/aromatic N) is 7. The van der Waals surface area contributed by atoms with Crippen molar-refractivity contribution < 1.29 is 19.1 Å². The van der Waals surface area contributed by atoms with Crippen LogP contribution in [-0.4, -0.2) is 113 Å². The minimum absolute atomic E-state index is 0.112. The lowest BCUT2D eigenvalue weighted by Gasteiger charge is -2.61. The number of aryl methyl sites for hydroxylation is 1. The highest BCUT2D eigenvalue weighted by molar-refractivity contribution is 6.36. The van der Waals surface area contributed by atoms with Crippen LogP contribution in [0.25, 0.3) is 33.6 Å². The van der Waals surface area contributed by atoms with Gasteiger partial charge in [0.1, 0.15) is 5.69 Å². The Bertz CT molecular complexity index is 2090. The van der Waals surface area contributed by atoms with E-state index in [1.807, 2.05) is 46.3 Å². The Kier molecular flexibility index (Phi) is 9.37. The van der Waals surface area contributed by atoms with Crippen LogP contribution in [0.2, 0.25) is 5.02 Å². The van der Waals surface area contributed by atoms with Crippen LogP contribution in [0, 0.1) is 12.3 Å². The van der Waals surface area contributed by atoms with Crippen LogP contribution in [0.3, 0.4) is 0 Å². The normalized spacial score (nSPS) is 19.5. The summed E-state index contributed by atoms with van der Waals surface area (Å²) in [4.78, 5) is 46.9. The average molecular weight is 736 g/mol. The van der Waals surface area contributed by atoms with E-state index in [0.29, 0.717) is 36.4 Å². The molecular weight excluding hydrogens is 690 g/mol. The molecule has 0 radical (unpaired) electrons. The lowest BCUT2D eigenvalue weighted by molar-refractivity contribution is -0.161. The number of benzene rings is 2. The molecule has 4 aliphatic rings. The van der Waals surface area contributed by atoms with E-state index in [1.165, 1.54) is 11.1 Å². The molecule has 1 atom stereocenters. The fraction of sp³-hybridized carbons (Fsp3) is 0.439. The standard InChI is InChI=1S/C41H46ClN7O4/c1-25-29(8-6-9-30(25)34-19-43-35(39(45-34)52-4)20-46-14-16-47(17-15-46)26(2)50)31-10-7-11-32(38(31)42)33-18-28-12-13-36(37(28)40(44-33)53-5)49-23-41(24-49)21-48(22-41)27(3)51/h6-11,18-19,36H,12-17,20-24H2,1-5H3/t36-/m0/s1. The van der Waals surface area contributed by atoms with Gasteiger partial charge in [0.05, 0.1) is 36.8 Å². The van der Waals surface area contributed by atoms with Gasteiger partial charge in [0.25, 0.3) is 0 Å². The van der Waals surface area contributed by atoms with Gasteiger partial charge in [-0.25, -0.2) is 9.97 Å². The summed E-state index contributed by atoms with van der Waals surface area (Å²) in [6, 6.07) is 14.7. The van der Waals surface area contributed by atoms with Gasteiger partial charge in [-0.15, -0.1) is 0 Å². The number of pyridine rings is 1. The van der Waals surface area contributed by atoms with Gasteiger partial charge in [-0.2, -0.15) is 0 Å². The van der Waals surface area contributed by atoms with Gasteiger partial charge >= 0.3 is 0 Å². The molecule has 0 bridgehead atoms. The number of rotatable bonds is 8. The van der Waals surface area contributed by atoms with E-state index < -0.39 is 0 Å². The maximum Gasteiger partial charge on any atom is 0.237 e. The molecule has 1 aliphatic carbocycles. The summed E-state index contributed by atoms with van der Waals surface area (Å²) in [5, 5.41) is 0.630. The van der Waals surface area contributed by atoms with Crippen molar-refractivity contribution in [2.75, 3.05) is 66.6 Å². The zero-order chi connectivity index (χ0) is 37.0. The molecule has 276 valence electrons. The lowest BCUT2D eigenvalue weighted by atomic mass is 9.72. The monoisotopic (exact) mass is 735 g/mol. The quantitative estimate of drug-likeness (QED) is 0.227. The van der Waals surface area contributed by atoms with Gasteiger partial charge in [-0.1, -0.05) is 48.0 Å². The number of hydrogen-bond acceptors (Lipinski definition) is 9. The van der Waals surface area contributed by atoms with E-state index >= 15 is 0 Å². The molecule has 3 fully saturated rings. The van der Waals surface area contributed by atoms with E-state index in [1.54, 1.807) is 28.1 Å². The Morgan fingerprint density at radius 2 is 1.47 bits per heavy atom. The summed E-state index contributed by atoms with van der Waals surface area (Å²) in [5.41, 5.74) is 9.72. The van der Waals surface area contributed by atoms with Gasteiger partial charge in [-0.3, -0.25) is 24.4 Å². The van der Waals surface area contributed by atoms with Crippen LogP contribution in [-0.2, 0) is 22.6 Å². The summed E-state index contributed by atoms with van der Waals surface area (Å²) in [7, 11) is 3.32. The van der Waals surface area contributed by atoms with Crippen molar-refractivity contribution in [2.45, 2.75) is 46.2 Å². The predicted octanol–water partition coefficient (Wildman–Crippen LogP) is 5.67. The molecular formula is C41H46ClN7O4. The predicted molar refractivity (Wildman–Crippen MR) is 204 cm³/mol. The fourth-order valence-electron chi connectivity index (χ4n) is 8.84. The molecule has 0 N–H and O–H groups in total. The molecule has 2 amide bonds. The van der Waals surface area contributed by atoms with Crippen LogP contribution in [0.4, 0.5) is 0 Å². The molecule has 2 aromatic heterocycles. The average Bonchev–Trinajstić information content (AvgIpc) is 3.54. The van der Waals surface area contributed by atoms with E-state index in [-0.39, 0.29) is 23.3 Å². The Hall–Kier alpha value is -4.58. The Labute approximate surface area is 315 Å². The third kappa shape index (κ3) is 6.42. The van der Waals surface area contributed by atoms with Gasteiger partial charge in [0.2, 0.25) is 23.6 Å². The second-order valence-corrected chi connectivity index (χ2v) is 15.4. The SMILES string of the molecule is COc1nc(-c2cccc(-c3cccc(-c4cc5c(c(OC)n4)[C@@H](N4CC6(CN(C(C)=O)C6)C4)CC5)c3Cl)c2C)cnc1CN1CCN(C(C)=O)CC1. The summed E-state index contributed by atoms with van der Waals surface area (Å²) in [5.74, 6) is 1.43. The number of aromatic nitrogens is 3. The number of fused-ring (bicyclic) bond motifs is 1. The zero-order valence-electron chi connectivity index (χ0n) is 31.1. The number of likely N-dealkylation sites (tertiary alicyclic amines) is 2. The molecule has 3 aliphatic heterocycles. The van der Waals surface area contributed by atoms with Crippen molar-refractivity contribution in [3.63, 3.8) is 0 Å². The minimum atomic E-state index is 0.112. The Balaban J connectivity index is 1.04. The van der Waals surface area contributed by atoms with Crippen LogP contribution in [0.1, 0.15) is 48.7 Å². The number of halogens is 1. The largest absolute Gasteiger partial charge is 0.481 e. The Morgan fingerprint density at radius 3 is 2.15 bits per heavy atom. The molecule has 3 saturated heterocycles. The maximum atomic E-state index is 11.8. The van der Waals surface area contributed by atoms with Gasteiger partial charge in [0, 0.05) is 106 Å². The molecule has 1 spiro atoms. The van der Waals surface area contributed by atoms with Crippen molar-refractivity contribution in [3.05, 3.63) is 76.1 Å². The molecule has 53 heavy (non-hydrogen) atoms. The van der Waals surface area contributed by atoms with Gasteiger partial charge < -0.3 is 19.3 Å². The highest BCUT2D eigenvalue weighted by Crippen LogP contribution is 2.50. The highest BCUT2D eigenvalue weighted by Gasteiger charge is 2.55. The second kappa shape index (κ2) is 14.0. The molecule has 11 nitrogen and oxygen atoms in total. The third-order valence-corrected chi connectivity index (χ3v) is 12.1. The van der Waals surface area contributed by atoms with E-state index in [2.05, 4.69) is 28.9 Å². The fourth-order valence-corrected chi connectivity index (χ4v) is 9.16. The number of ether oxygens (including phenoxy) is 2. The third-order valence-electron chi connectivity index (χ3n) is 11.7. The first-order valence-electron chi connectivity index (χ1n) is 18.4. The van der Waals surface area contributed by atoms with Crippen LogP contribution >= 0.6 is 11.6 Å². The highest BCUT2D eigenvalue weighted by atomic mass is 35.5. The zero-order valence-corrected chi connectivity index (χ0v) is 31.9. The molecule has 2 aromatic carbocycles. The first kappa shape index (κ1) is 35.4. The number of methoxy groups -OCH3 is 2. The number of hydrogen-bond donors (Lipinski definition) is 0. The molecule has 5 heterocycles. The summed E-state index contributed by atoms with van der Waals surface area (Å²) in [6.45, 7) is 12.7. The van der Waals surface area contributed by atoms with Crippen LogP contribution < -0.4 is 9.47 Å². The molecule has 8 rings (SSSR count). The number of carbonyl (C=O) groups excluding carboxylic acids is 2. The van der Waals surface area contributed by atoms with Crippen molar-refractivity contribution >= 4 is 23.4 Å². The Morgan fingerprint density at radius 1 is 0.830 bits per heavy atom. The van der Waals surface area contributed by atoms with E-state index in [9.17, 15) is 9.59 Å². The molecule has 0 unspecified atom stereocenters. The number of carbonyl (C=O) groups is 2. The number of amides is 2. The van der Waals surface area contributed by atoms with Crippen molar-refractivity contribution in [1.29, 1.82) is 0 Å². The van der Waals surface area contributed by atoms with Crippen LogP contribution in [0.5, 0.6) is 11.8 Å². The topological polar surface area (TPSA) is 104 Å². The minimum Gasteiger partial charge on any atom is -0.481 e.